The second-order valence-electron chi connectivity index (χ2n) is 6.26. The molecule has 1 atom stereocenters. The van der Waals surface area contributed by atoms with Gasteiger partial charge in [0.25, 0.3) is 5.91 Å². The minimum atomic E-state index is -2.98. The van der Waals surface area contributed by atoms with E-state index in [0.29, 0.717) is 23.6 Å². The van der Waals surface area contributed by atoms with Crippen molar-refractivity contribution in [1.29, 1.82) is 0 Å². The van der Waals surface area contributed by atoms with Gasteiger partial charge in [0.15, 0.2) is 15.5 Å². The molecule has 3 N–H and O–H groups in total. The Labute approximate surface area is 156 Å². The van der Waals surface area contributed by atoms with E-state index in [1.807, 2.05) is 0 Å². The lowest BCUT2D eigenvalue weighted by atomic mass is 10.2. The van der Waals surface area contributed by atoms with Crippen LogP contribution in [0.25, 0.3) is 0 Å². The Morgan fingerprint density at radius 1 is 1.07 bits per heavy atom. The van der Waals surface area contributed by atoms with Crippen LogP contribution in [0.4, 0.5) is 17.2 Å². The summed E-state index contributed by atoms with van der Waals surface area (Å²) in [6.45, 7) is 1.40. The molecule has 1 fully saturated rings. The van der Waals surface area contributed by atoms with Crippen LogP contribution in [0, 0.1) is 0 Å². The van der Waals surface area contributed by atoms with E-state index >= 15 is 0 Å². The van der Waals surface area contributed by atoms with E-state index in [1.165, 1.54) is 13.0 Å². The molecule has 9 nitrogen and oxygen atoms in total. The summed E-state index contributed by atoms with van der Waals surface area (Å²) in [6, 6.07) is 9.62. The van der Waals surface area contributed by atoms with Crippen LogP contribution in [0.2, 0.25) is 0 Å². The molecular weight excluding hydrogens is 370 g/mol. The van der Waals surface area contributed by atoms with Crippen molar-refractivity contribution in [3.8, 4) is 0 Å². The maximum absolute atomic E-state index is 12.3. The van der Waals surface area contributed by atoms with Crippen molar-refractivity contribution in [3.63, 3.8) is 0 Å². The molecule has 0 bridgehead atoms. The molecule has 1 aliphatic heterocycles. The largest absolute Gasteiger partial charge is 0.365 e. The predicted molar refractivity (Wildman–Crippen MR) is 101 cm³/mol. The molecule has 2 amide bonds. The van der Waals surface area contributed by atoms with Gasteiger partial charge in [-0.15, -0.1) is 10.2 Å². The summed E-state index contributed by atoms with van der Waals surface area (Å²) in [5.74, 6) is -0.00112. The van der Waals surface area contributed by atoms with Gasteiger partial charge in [-0.05, 0) is 36.8 Å². The average Bonchev–Trinajstić information content (AvgIpc) is 2.93. The van der Waals surface area contributed by atoms with Crippen molar-refractivity contribution in [3.05, 3.63) is 42.1 Å². The fourth-order valence-corrected chi connectivity index (χ4v) is 4.39. The minimum absolute atomic E-state index is 0.0710. The van der Waals surface area contributed by atoms with Gasteiger partial charge >= 0.3 is 0 Å². The van der Waals surface area contributed by atoms with Crippen LogP contribution in [-0.4, -0.2) is 48.0 Å². The zero-order valence-electron chi connectivity index (χ0n) is 14.6. The van der Waals surface area contributed by atoms with Gasteiger partial charge in [0.05, 0.1) is 11.5 Å². The summed E-state index contributed by atoms with van der Waals surface area (Å²) in [6.07, 6.45) is 0.525. The quantitative estimate of drug-likeness (QED) is 0.702. The second kappa shape index (κ2) is 7.70. The first-order valence-corrected chi connectivity index (χ1v) is 10.1. The van der Waals surface area contributed by atoms with Gasteiger partial charge in [-0.2, -0.15) is 0 Å². The van der Waals surface area contributed by atoms with Gasteiger partial charge in [-0.25, -0.2) is 8.42 Å². The lowest BCUT2D eigenvalue weighted by Crippen LogP contribution is -2.22. The number of hydrogen-bond donors (Lipinski definition) is 3. The summed E-state index contributed by atoms with van der Waals surface area (Å²) >= 11 is 0. The molecule has 3 rings (SSSR count). The lowest BCUT2D eigenvalue weighted by Gasteiger charge is -2.11. The van der Waals surface area contributed by atoms with E-state index in [1.54, 1.807) is 30.3 Å². The summed E-state index contributed by atoms with van der Waals surface area (Å²) in [4.78, 5) is 23.4. The topological polar surface area (TPSA) is 130 Å². The number of carbonyl (C=O) groups is 2. The van der Waals surface area contributed by atoms with Crippen LogP contribution in [0.1, 0.15) is 23.8 Å². The molecule has 2 aromatic rings. The second-order valence-corrected chi connectivity index (χ2v) is 8.49. The molecule has 142 valence electrons. The fourth-order valence-electron chi connectivity index (χ4n) is 2.72. The van der Waals surface area contributed by atoms with Crippen molar-refractivity contribution in [2.45, 2.75) is 19.4 Å². The van der Waals surface area contributed by atoms with Gasteiger partial charge < -0.3 is 16.0 Å². The number of aromatic nitrogens is 2. The number of nitrogens with one attached hydrogen (secondary N) is 3. The fraction of sp³-hybridized carbons (Fsp3) is 0.294. The van der Waals surface area contributed by atoms with Gasteiger partial charge in [-0.3, -0.25) is 9.59 Å². The van der Waals surface area contributed by atoms with Crippen LogP contribution < -0.4 is 16.0 Å². The Balaban J connectivity index is 1.61. The molecule has 1 aliphatic rings. The minimum Gasteiger partial charge on any atom is -0.365 e. The van der Waals surface area contributed by atoms with E-state index in [-0.39, 0.29) is 29.1 Å². The Bertz CT molecular complexity index is 960. The number of rotatable bonds is 5. The first kappa shape index (κ1) is 18.8. The van der Waals surface area contributed by atoms with E-state index in [2.05, 4.69) is 26.1 Å². The van der Waals surface area contributed by atoms with Crippen molar-refractivity contribution in [2.75, 3.05) is 27.5 Å². The van der Waals surface area contributed by atoms with Crippen LogP contribution in [0.3, 0.4) is 0 Å². The molecule has 0 aliphatic carbocycles. The van der Waals surface area contributed by atoms with E-state index in [9.17, 15) is 18.0 Å². The number of amides is 2. The highest BCUT2D eigenvalue weighted by Crippen LogP contribution is 2.17. The highest BCUT2D eigenvalue weighted by Gasteiger charge is 2.28. The van der Waals surface area contributed by atoms with Gasteiger partial charge in [0.2, 0.25) is 5.91 Å². The lowest BCUT2D eigenvalue weighted by molar-refractivity contribution is -0.114. The maximum Gasteiger partial charge on any atom is 0.276 e. The van der Waals surface area contributed by atoms with Crippen LogP contribution >= 0.6 is 0 Å². The van der Waals surface area contributed by atoms with Crippen molar-refractivity contribution >= 4 is 38.8 Å². The third-order valence-corrected chi connectivity index (χ3v) is 5.69. The highest BCUT2D eigenvalue weighted by molar-refractivity contribution is 7.91. The van der Waals surface area contributed by atoms with Crippen molar-refractivity contribution in [2.24, 2.45) is 0 Å². The first-order chi connectivity index (χ1) is 12.8. The SMILES string of the molecule is CC(=O)Nc1cccc(NC(=O)c2ccc(NC3CCS(=O)(=O)C3)nn2)c1. The first-order valence-electron chi connectivity index (χ1n) is 8.30. The average molecular weight is 389 g/mol. The molecule has 0 spiro atoms. The van der Waals surface area contributed by atoms with Crippen molar-refractivity contribution in [1.82, 2.24) is 10.2 Å². The molecule has 1 aromatic heterocycles. The van der Waals surface area contributed by atoms with E-state index < -0.39 is 15.7 Å². The number of carbonyl (C=O) groups excluding carboxylic acids is 2. The van der Waals surface area contributed by atoms with Crippen molar-refractivity contribution < 1.29 is 18.0 Å². The van der Waals surface area contributed by atoms with Gasteiger partial charge in [0.1, 0.15) is 5.82 Å². The standard InChI is InChI=1S/C17H19N5O4S/c1-11(23)18-12-3-2-4-13(9-12)20-17(24)15-5-6-16(22-21-15)19-14-7-8-27(25,26)10-14/h2-6,9,14H,7-8,10H2,1H3,(H,18,23)(H,19,22)(H,20,24). The third kappa shape index (κ3) is 5.23. The Morgan fingerprint density at radius 3 is 2.41 bits per heavy atom. The predicted octanol–water partition coefficient (Wildman–Crippen LogP) is 1.29. The number of benzene rings is 1. The maximum atomic E-state index is 12.3. The Kier molecular flexibility index (Phi) is 5.36. The molecule has 1 unspecified atom stereocenters. The van der Waals surface area contributed by atoms with Crippen LogP contribution in [0.15, 0.2) is 36.4 Å². The molecule has 10 heteroatoms. The van der Waals surface area contributed by atoms with Gasteiger partial charge in [-0.1, -0.05) is 6.07 Å². The van der Waals surface area contributed by atoms with Gasteiger partial charge in [0, 0.05) is 24.3 Å². The normalized spacial score (nSPS) is 17.9. The smallest absolute Gasteiger partial charge is 0.276 e. The summed E-state index contributed by atoms with van der Waals surface area (Å²) < 4.78 is 23.0. The highest BCUT2D eigenvalue weighted by atomic mass is 32.2. The number of hydrogen-bond acceptors (Lipinski definition) is 7. The molecule has 27 heavy (non-hydrogen) atoms. The molecular formula is C17H19N5O4S. The zero-order valence-corrected chi connectivity index (χ0v) is 15.4. The van der Waals surface area contributed by atoms with Crippen LogP contribution in [0.5, 0.6) is 0 Å². The number of sulfone groups is 1. The summed E-state index contributed by atoms with van der Waals surface area (Å²) in [5.41, 5.74) is 1.19. The summed E-state index contributed by atoms with van der Waals surface area (Å²) in [7, 11) is -2.98. The van der Waals surface area contributed by atoms with Crippen LogP contribution in [-0.2, 0) is 14.6 Å². The van der Waals surface area contributed by atoms with E-state index in [4.69, 9.17) is 0 Å². The number of anilines is 3. The monoisotopic (exact) mass is 389 g/mol. The Morgan fingerprint density at radius 2 is 1.81 bits per heavy atom. The molecule has 0 saturated carbocycles. The molecule has 0 radical (unpaired) electrons. The number of nitrogens with zero attached hydrogens (tertiary/aromatic N) is 2. The molecule has 1 aromatic carbocycles. The molecule has 1 saturated heterocycles. The zero-order chi connectivity index (χ0) is 19.4. The van der Waals surface area contributed by atoms with E-state index in [0.717, 1.165) is 0 Å². The summed E-state index contributed by atoms with van der Waals surface area (Å²) in [5, 5.41) is 16.1. The Hall–Kier alpha value is -3.01. The third-order valence-electron chi connectivity index (χ3n) is 3.92. The molecule has 2 heterocycles.